The van der Waals surface area contributed by atoms with Crippen molar-refractivity contribution in [2.75, 3.05) is 11.1 Å². The molecule has 0 aliphatic heterocycles. The smallest absolute Gasteiger partial charge is 0.234 e. The summed E-state index contributed by atoms with van der Waals surface area (Å²) >= 11 is 13.1. The second-order valence-corrected chi connectivity index (χ2v) is 7.67. The van der Waals surface area contributed by atoms with Crippen LogP contribution in [-0.2, 0) is 11.3 Å². The second-order valence-electron chi connectivity index (χ2n) is 5.85. The highest BCUT2D eigenvalue weighted by molar-refractivity contribution is 7.99. The number of carbonyl (C=O) groups excluding carboxylic acids is 1. The van der Waals surface area contributed by atoms with Gasteiger partial charge in [0.05, 0.1) is 17.0 Å². The number of carbonyl (C=O) groups is 1. The third kappa shape index (κ3) is 5.18. The average molecular weight is 444 g/mol. The van der Waals surface area contributed by atoms with Crippen molar-refractivity contribution in [3.05, 3.63) is 70.7 Å². The Kier molecular flexibility index (Phi) is 6.94. The van der Waals surface area contributed by atoms with Gasteiger partial charge in [-0.25, -0.2) is 0 Å². The van der Waals surface area contributed by atoms with Gasteiger partial charge >= 0.3 is 0 Å². The van der Waals surface area contributed by atoms with Gasteiger partial charge in [0.25, 0.3) is 0 Å². The van der Waals surface area contributed by atoms with Crippen LogP contribution >= 0.6 is 35.0 Å². The van der Waals surface area contributed by atoms with Crippen LogP contribution in [0.5, 0.6) is 0 Å². The predicted molar refractivity (Wildman–Crippen MR) is 116 cm³/mol. The normalized spacial score (nSPS) is 10.4. The molecule has 1 heterocycles. The van der Waals surface area contributed by atoms with Crippen LogP contribution in [0.15, 0.2) is 60.3 Å². The van der Waals surface area contributed by atoms with Gasteiger partial charge in [-0.1, -0.05) is 41.0 Å². The van der Waals surface area contributed by atoms with Crippen molar-refractivity contribution >= 4 is 46.6 Å². The number of nitriles is 1. The maximum absolute atomic E-state index is 12.4. The number of benzene rings is 2. The fourth-order valence-electron chi connectivity index (χ4n) is 2.54. The van der Waals surface area contributed by atoms with Crippen molar-refractivity contribution in [3.8, 4) is 17.5 Å². The highest BCUT2D eigenvalue weighted by Crippen LogP contribution is 2.26. The van der Waals surface area contributed by atoms with Crippen molar-refractivity contribution in [2.45, 2.75) is 11.7 Å². The molecule has 2 aromatic carbocycles. The Hall–Kier alpha value is -2.79. The summed E-state index contributed by atoms with van der Waals surface area (Å²) in [6, 6.07) is 14.0. The highest BCUT2D eigenvalue weighted by Gasteiger charge is 2.15. The summed E-state index contributed by atoms with van der Waals surface area (Å²) in [5.74, 6) is 0.467. The Morgan fingerprint density at radius 1 is 1.21 bits per heavy atom. The number of amides is 1. The molecule has 1 aromatic heterocycles. The van der Waals surface area contributed by atoms with Crippen LogP contribution in [0.25, 0.3) is 11.4 Å². The average Bonchev–Trinajstić information content (AvgIpc) is 3.10. The molecule has 0 bridgehead atoms. The lowest BCUT2D eigenvalue weighted by atomic mass is 10.2. The number of hydrogen-bond acceptors (Lipinski definition) is 5. The molecule has 29 heavy (non-hydrogen) atoms. The Labute approximate surface area is 182 Å². The van der Waals surface area contributed by atoms with E-state index >= 15 is 0 Å². The molecule has 0 saturated carbocycles. The van der Waals surface area contributed by atoms with Crippen molar-refractivity contribution in [2.24, 2.45) is 0 Å². The van der Waals surface area contributed by atoms with Crippen LogP contribution in [0.2, 0.25) is 10.0 Å². The minimum atomic E-state index is -0.282. The van der Waals surface area contributed by atoms with E-state index in [4.69, 9.17) is 28.5 Å². The first-order valence-electron chi connectivity index (χ1n) is 8.44. The van der Waals surface area contributed by atoms with Crippen molar-refractivity contribution in [3.63, 3.8) is 0 Å². The van der Waals surface area contributed by atoms with E-state index in [9.17, 15) is 4.79 Å². The number of thioether (sulfide) groups is 1. The number of rotatable bonds is 7. The maximum Gasteiger partial charge on any atom is 0.234 e. The summed E-state index contributed by atoms with van der Waals surface area (Å²) in [4.78, 5) is 12.4. The lowest BCUT2D eigenvalue weighted by Gasteiger charge is -2.09. The van der Waals surface area contributed by atoms with Gasteiger partial charge < -0.3 is 5.32 Å². The summed E-state index contributed by atoms with van der Waals surface area (Å²) in [6.45, 7) is 4.26. The van der Waals surface area contributed by atoms with Gasteiger partial charge in [-0.2, -0.15) is 5.26 Å². The van der Waals surface area contributed by atoms with Crippen LogP contribution in [0, 0.1) is 11.3 Å². The van der Waals surface area contributed by atoms with E-state index in [0.29, 0.717) is 38.8 Å². The van der Waals surface area contributed by atoms with Crippen molar-refractivity contribution in [1.82, 2.24) is 14.8 Å². The Balaban J connectivity index is 1.74. The van der Waals surface area contributed by atoms with Gasteiger partial charge in [-0.15, -0.1) is 16.8 Å². The highest BCUT2D eigenvalue weighted by atomic mass is 35.5. The molecule has 0 atom stereocenters. The number of halogens is 2. The van der Waals surface area contributed by atoms with Gasteiger partial charge in [0.2, 0.25) is 5.91 Å². The quantitative estimate of drug-likeness (QED) is 0.408. The number of anilines is 1. The molecule has 6 nitrogen and oxygen atoms in total. The van der Waals surface area contributed by atoms with Crippen molar-refractivity contribution < 1.29 is 4.79 Å². The molecular weight excluding hydrogens is 429 g/mol. The molecular formula is C20H15Cl2N5OS. The zero-order valence-electron chi connectivity index (χ0n) is 15.1. The first-order valence-corrected chi connectivity index (χ1v) is 10.2. The van der Waals surface area contributed by atoms with Gasteiger partial charge in [0.15, 0.2) is 11.0 Å². The van der Waals surface area contributed by atoms with E-state index in [1.807, 2.05) is 22.8 Å². The van der Waals surface area contributed by atoms with Gasteiger partial charge in [-0.05, 0) is 42.5 Å². The number of nitrogens with one attached hydrogen (secondary N) is 1. The zero-order chi connectivity index (χ0) is 20.8. The summed E-state index contributed by atoms with van der Waals surface area (Å²) < 4.78 is 1.87. The molecule has 1 amide bonds. The lowest BCUT2D eigenvalue weighted by molar-refractivity contribution is -0.113. The summed E-state index contributed by atoms with van der Waals surface area (Å²) in [7, 11) is 0. The van der Waals surface area contributed by atoms with E-state index in [0.717, 1.165) is 5.56 Å². The van der Waals surface area contributed by atoms with Gasteiger partial charge in [-0.3, -0.25) is 9.36 Å². The predicted octanol–water partition coefficient (Wildman–Crippen LogP) is 5.04. The monoisotopic (exact) mass is 443 g/mol. The first-order chi connectivity index (χ1) is 14.0. The van der Waals surface area contributed by atoms with Crippen LogP contribution in [0.1, 0.15) is 5.56 Å². The molecule has 0 saturated heterocycles. The maximum atomic E-state index is 12.4. The zero-order valence-corrected chi connectivity index (χ0v) is 17.4. The van der Waals surface area contributed by atoms with Gasteiger partial charge in [0, 0.05) is 22.2 Å². The standard InChI is InChI=1S/C20H15Cl2N5OS/c1-2-9-27-19(13-3-6-15(21)7-4-13)25-26-20(27)29-12-18(28)24-17-10-16(22)8-5-14(17)11-23/h2-8,10H,1,9,12H2,(H,24,28). The van der Waals surface area contributed by atoms with E-state index in [2.05, 4.69) is 22.1 Å². The molecule has 1 N–H and O–H groups in total. The number of hydrogen-bond donors (Lipinski definition) is 1. The van der Waals surface area contributed by atoms with Crippen molar-refractivity contribution in [1.29, 1.82) is 5.26 Å². The minimum Gasteiger partial charge on any atom is -0.324 e. The molecule has 0 fully saturated rings. The molecule has 0 unspecified atom stereocenters. The Morgan fingerprint density at radius 3 is 2.62 bits per heavy atom. The van der Waals surface area contributed by atoms with Gasteiger partial charge in [0.1, 0.15) is 6.07 Å². The Bertz CT molecular complexity index is 1090. The summed E-state index contributed by atoms with van der Waals surface area (Å²) in [5, 5.41) is 22.0. The molecule has 0 aliphatic rings. The largest absolute Gasteiger partial charge is 0.324 e. The fraction of sp³-hybridized carbons (Fsp3) is 0.100. The van der Waals surface area contributed by atoms with Crippen LogP contribution in [-0.4, -0.2) is 26.4 Å². The molecule has 0 radical (unpaired) electrons. The van der Waals surface area contributed by atoms with E-state index in [1.54, 1.807) is 36.4 Å². The molecule has 0 aliphatic carbocycles. The second kappa shape index (κ2) is 9.61. The SMILES string of the molecule is C=CCn1c(SCC(=O)Nc2cc(Cl)ccc2C#N)nnc1-c1ccc(Cl)cc1. The molecule has 0 spiro atoms. The first kappa shape index (κ1) is 20.9. The lowest BCUT2D eigenvalue weighted by Crippen LogP contribution is -2.15. The number of allylic oxidation sites excluding steroid dienone is 1. The minimum absolute atomic E-state index is 0.0906. The van der Waals surface area contributed by atoms with E-state index in [-0.39, 0.29) is 11.7 Å². The molecule has 9 heteroatoms. The summed E-state index contributed by atoms with van der Waals surface area (Å²) in [6.07, 6.45) is 1.73. The van der Waals surface area contributed by atoms with E-state index in [1.165, 1.54) is 11.8 Å². The van der Waals surface area contributed by atoms with Crippen LogP contribution < -0.4 is 5.32 Å². The third-order valence-corrected chi connectivity index (χ3v) is 5.29. The summed E-state index contributed by atoms with van der Waals surface area (Å²) in [5.41, 5.74) is 1.57. The topological polar surface area (TPSA) is 83.6 Å². The number of aromatic nitrogens is 3. The van der Waals surface area contributed by atoms with Crippen LogP contribution in [0.4, 0.5) is 5.69 Å². The van der Waals surface area contributed by atoms with E-state index < -0.39 is 0 Å². The molecule has 3 rings (SSSR count). The third-order valence-electron chi connectivity index (χ3n) is 3.84. The van der Waals surface area contributed by atoms with Crippen LogP contribution in [0.3, 0.4) is 0 Å². The Morgan fingerprint density at radius 2 is 1.93 bits per heavy atom. The number of nitrogens with zero attached hydrogens (tertiary/aromatic N) is 4. The molecule has 146 valence electrons. The fourth-order valence-corrected chi connectivity index (χ4v) is 3.58. The molecule has 3 aromatic rings.